The summed E-state index contributed by atoms with van der Waals surface area (Å²) in [5, 5.41) is 3.67. The van der Waals surface area contributed by atoms with Crippen molar-refractivity contribution in [2.24, 2.45) is 5.92 Å². The Balaban J connectivity index is 1.53. The largest absolute Gasteiger partial charge is 0.326 e. The summed E-state index contributed by atoms with van der Waals surface area (Å²) in [6.07, 6.45) is 1.57. The first-order chi connectivity index (χ1) is 12.0. The van der Waals surface area contributed by atoms with E-state index in [1.54, 1.807) is 12.1 Å². The van der Waals surface area contributed by atoms with Gasteiger partial charge in [0.25, 0.3) is 0 Å². The van der Waals surface area contributed by atoms with Crippen molar-refractivity contribution in [3.05, 3.63) is 64.4 Å². The highest BCUT2D eigenvalue weighted by Gasteiger charge is 2.25. The summed E-state index contributed by atoms with van der Waals surface area (Å²) < 4.78 is 13.8. The van der Waals surface area contributed by atoms with Gasteiger partial charge in [0, 0.05) is 28.7 Å². The minimum absolute atomic E-state index is 0.00746. The number of amides is 1. The number of halogens is 2. The van der Waals surface area contributed by atoms with Crippen LogP contribution >= 0.6 is 11.6 Å². The third-order valence-electron chi connectivity index (χ3n) is 4.76. The molecule has 0 aromatic heterocycles. The predicted octanol–water partition coefficient (Wildman–Crippen LogP) is 4.64. The fourth-order valence-electron chi connectivity index (χ4n) is 3.22. The molecule has 0 unspecified atom stereocenters. The molecule has 0 bridgehead atoms. The van der Waals surface area contributed by atoms with Crippen molar-refractivity contribution in [1.82, 2.24) is 4.90 Å². The van der Waals surface area contributed by atoms with Crippen molar-refractivity contribution < 1.29 is 9.18 Å². The van der Waals surface area contributed by atoms with Crippen LogP contribution in [0, 0.1) is 18.7 Å². The van der Waals surface area contributed by atoms with E-state index >= 15 is 0 Å². The van der Waals surface area contributed by atoms with Gasteiger partial charge in [-0.3, -0.25) is 9.69 Å². The van der Waals surface area contributed by atoms with E-state index in [1.165, 1.54) is 6.07 Å². The molecule has 3 nitrogen and oxygen atoms in total. The van der Waals surface area contributed by atoms with E-state index in [-0.39, 0.29) is 17.6 Å². The van der Waals surface area contributed by atoms with Gasteiger partial charge in [-0.1, -0.05) is 29.8 Å². The molecule has 1 aliphatic rings. The van der Waals surface area contributed by atoms with Gasteiger partial charge in [-0.25, -0.2) is 4.39 Å². The summed E-state index contributed by atoms with van der Waals surface area (Å²) in [5.74, 6) is -0.122. The Morgan fingerprint density at radius 2 is 1.96 bits per heavy atom. The van der Waals surface area contributed by atoms with Crippen LogP contribution in [-0.2, 0) is 11.3 Å². The van der Waals surface area contributed by atoms with Crippen molar-refractivity contribution in [2.75, 3.05) is 18.4 Å². The highest BCUT2D eigenvalue weighted by Crippen LogP contribution is 2.24. The second-order valence-corrected chi connectivity index (χ2v) is 7.03. The lowest BCUT2D eigenvalue weighted by Gasteiger charge is -2.31. The molecule has 0 radical (unpaired) electrons. The average Bonchev–Trinajstić information content (AvgIpc) is 2.60. The first kappa shape index (κ1) is 17.9. The number of carbonyl (C=O) groups excluding carboxylic acids is 1. The zero-order valence-corrected chi connectivity index (χ0v) is 15.0. The molecule has 3 rings (SSSR count). The summed E-state index contributed by atoms with van der Waals surface area (Å²) >= 11 is 5.95. The standard InChI is InChI=1S/C20H22ClFN2O/c1-14-12-17(21)6-7-19(14)23-20(25)15-8-10-24(11-9-15)13-16-4-2-3-5-18(16)22/h2-7,12,15H,8-11,13H2,1H3,(H,23,25). The Bertz CT molecular complexity index is 757. The average molecular weight is 361 g/mol. The Morgan fingerprint density at radius 1 is 1.24 bits per heavy atom. The number of anilines is 1. The molecule has 1 amide bonds. The minimum Gasteiger partial charge on any atom is -0.326 e. The summed E-state index contributed by atoms with van der Waals surface area (Å²) in [6, 6.07) is 12.3. The Hall–Kier alpha value is -1.91. The van der Waals surface area contributed by atoms with Crippen LogP contribution in [0.4, 0.5) is 10.1 Å². The van der Waals surface area contributed by atoms with E-state index in [0.717, 1.165) is 37.2 Å². The zero-order chi connectivity index (χ0) is 17.8. The zero-order valence-electron chi connectivity index (χ0n) is 14.3. The molecule has 1 aliphatic heterocycles. The first-order valence-corrected chi connectivity index (χ1v) is 8.93. The number of nitrogens with zero attached hydrogens (tertiary/aromatic N) is 1. The number of hydrogen-bond donors (Lipinski definition) is 1. The Kier molecular flexibility index (Phi) is 5.71. The Morgan fingerprint density at radius 3 is 2.64 bits per heavy atom. The molecule has 2 aromatic rings. The van der Waals surface area contributed by atoms with Gasteiger partial charge in [0.2, 0.25) is 5.91 Å². The Labute approximate surface area is 152 Å². The summed E-state index contributed by atoms with van der Waals surface area (Å²) in [4.78, 5) is 14.7. The molecule has 1 N–H and O–H groups in total. The maximum atomic E-state index is 13.8. The lowest BCUT2D eigenvalue weighted by Crippen LogP contribution is -2.38. The van der Waals surface area contributed by atoms with E-state index in [9.17, 15) is 9.18 Å². The molecule has 1 heterocycles. The van der Waals surface area contributed by atoms with Gasteiger partial charge in [-0.05, 0) is 62.7 Å². The van der Waals surface area contributed by atoms with Crippen LogP contribution in [0.25, 0.3) is 0 Å². The van der Waals surface area contributed by atoms with Gasteiger partial charge in [-0.15, -0.1) is 0 Å². The second-order valence-electron chi connectivity index (χ2n) is 6.59. The number of carbonyl (C=O) groups is 1. The third kappa shape index (κ3) is 4.59. The highest BCUT2D eigenvalue weighted by molar-refractivity contribution is 6.30. The van der Waals surface area contributed by atoms with E-state index in [1.807, 2.05) is 31.2 Å². The SMILES string of the molecule is Cc1cc(Cl)ccc1NC(=O)C1CCN(Cc2ccccc2F)CC1. The normalized spacial score (nSPS) is 16.0. The number of piperidine rings is 1. The molecular formula is C20H22ClFN2O. The quantitative estimate of drug-likeness (QED) is 0.861. The number of hydrogen-bond acceptors (Lipinski definition) is 2. The minimum atomic E-state index is -0.166. The third-order valence-corrected chi connectivity index (χ3v) is 4.99. The van der Waals surface area contributed by atoms with E-state index in [4.69, 9.17) is 11.6 Å². The topological polar surface area (TPSA) is 32.3 Å². The highest BCUT2D eigenvalue weighted by atomic mass is 35.5. The first-order valence-electron chi connectivity index (χ1n) is 8.55. The fraction of sp³-hybridized carbons (Fsp3) is 0.350. The van der Waals surface area contributed by atoms with Crippen molar-refractivity contribution >= 4 is 23.2 Å². The van der Waals surface area contributed by atoms with Crippen LogP contribution in [0.1, 0.15) is 24.0 Å². The number of aryl methyl sites for hydroxylation is 1. The predicted molar refractivity (Wildman–Crippen MR) is 99.2 cm³/mol. The number of rotatable bonds is 4. The van der Waals surface area contributed by atoms with Crippen LogP contribution in [0.3, 0.4) is 0 Å². The van der Waals surface area contributed by atoms with Crippen molar-refractivity contribution in [3.63, 3.8) is 0 Å². The van der Waals surface area contributed by atoms with Crippen molar-refractivity contribution in [2.45, 2.75) is 26.3 Å². The summed E-state index contributed by atoms with van der Waals surface area (Å²) in [7, 11) is 0. The number of likely N-dealkylation sites (tertiary alicyclic amines) is 1. The lowest BCUT2D eigenvalue weighted by atomic mass is 9.95. The van der Waals surface area contributed by atoms with E-state index in [0.29, 0.717) is 17.1 Å². The molecule has 2 aromatic carbocycles. The molecular weight excluding hydrogens is 339 g/mol. The fourth-order valence-corrected chi connectivity index (χ4v) is 3.45. The van der Waals surface area contributed by atoms with E-state index in [2.05, 4.69) is 10.2 Å². The van der Waals surface area contributed by atoms with Gasteiger partial charge in [0.1, 0.15) is 5.82 Å². The van der Waals surface area contributed by atoms with Gasteiger partial charge in [-0.2, -0.15) is 0 Å². The summed E-state index contributed by atoms with van der Waals surface area (Å²) in [5.41, 5.74) is 2.48. The smallest absolute Gasteiger partial charge is 0.227 e. The van der Waals surface area contributed by atoms with Gasteiger partial charge in [0.05, 0.1) is 0 Å². The van der Waals surface area contributed by atoms with Gasteiger partial charge in [0.15, 0.2) is 0 Å². The molecule has 0 saturated carbocycles. The molecule has 0 aliphatic carbocycles. The van der Waals surface area contributed by atoms with Crippen LogP contribution in [-0.4, -0.2) is 23.9 Å². The van der Waals surface area contributed by atoms with Crippen LogP contribution in [0.15, 0.2) is 42.5 Å². The molecule has 0 atom stereocenters. The maximum Gasteiger partial charge on any atom is 0.227 e. The van der Waals surface area contributed by atoms with Crippen LogP contribution in [0.5, 0.6) is 0 Å². The van der Waals surface area contributed by atoms with Gasteiger partial charge < -0.3 is 5.32 Å². The summed E-state index contributed by atoms with van der Waals surface area (Å²) in [6.45, 7) is 4.12. The van der Waals surface area contributed by atoms with Gasteiger partial charge >= 0.3 is 0 Å². The number of benzene rings is 2. The van der Waals surface area contributed by atoms with E-state index < -0.39 is 0 Å². The second kappa shape index (κ2) is 7.98. The molecule has 1 saturated heterocycles. The van der Waals surface area contributed by atoms with Crippen LogP contribution < -0.4 is 5.32 Å². The molecule has 132 valence electrons. The molecule has 5 heteroatoms. The molecule has 0 spiro atoms. The number of nitrogens with one attached hydrogen (secondary N) is 1. The monoisotopic (exact) mass is 360 g/mol. The molecule has 1 fully saturated rings. The van der Waals surface area contributed by atoms with Crippen molar-refractivity contribution in [3.8, 4) is 0 Å². The van der Waals surface area contributed by atoms with Crippen LogP contribution in [0.2, 0.25) is 5.02 Å². The molecule has 25 heavy (non-hydrogen) atoms. The van der Waals surface area contributed by atoms with Crippen molar-refractivity contribution in [1.29, 1.82) is 0 Å². The maximum absolute atomic E-state index is 13.8. The lowest BCUT2D eigenvalue weighted by molar-refractivity contribution is -0.121.